The van der Waals surface area contributed by atoms with E-state index in [0.717, 1.165) is 25.0 Å². The molecule has 19 heavy (non-hydrogen) atoms. The molecular weight excluding hydrogens is 262 g/mol. The summed E-state index contributed by atoms with van der Waals surface area (Å²) < 4.78 is 5.61. The fourth-order valence-corrected chi connectivity index (χ4v) is 2.48. The molecule has 0 aliphatic carbocycles. The summed E-state index contributed by atoms with van der Waals surface area (Å²) in [6.07, 6.45) is 2.65. The second kappa shape index (κ2) is 7.45. The highest BCUT2D eigenvalue weighted by molar-refractivity contribution is 7.09. The quantitative estimate of drug-likeness (QED) is 0.253. The maximum absolute atomic E-state index is 8.67. The Bertz CT molecular complexity index is 416. The molecule has 6 heteroatoms. The number of nitrogens with zero attached hydrogens (tertiary/aromatic N) is 2. The second-order valence-corrected chi connectivity index (χ2v) is 6.14. The van der Waals surface area contributed by atoms with Gasteiger partial charge in [-0.2, -0.15) is 0 Å². The number of hydrogen-bond acceptors (Lipinski definition) is 5. The first-order valence-electron chi connectivity index (χ1n) is 6.42. The van der Waals surface area contributed by atoms with Crippen LogP contribution in [0.3, 0.4) is 0 Å². The molecule has 0 unspecified atom stereocenters. The molecule has 0 saturated heterocycles. The smallest absolute Gasteiger partial charge is 0.144 e. The van der Waals surface area contributed by atoms with E-state index in [1.807, 2.05) is 26.3 Å². The molecule has 108 valence electrons. The molecule has 0 aliphatic heterocycles. The molecule has 1 rings (SSSR count). The van der Waals surface area contributed by atoms with Crippen molar-refractivity contribution in [2.45, 2.75) is 40.0 Å². The van der Waals surface area contributed by atoms with E-state index in [-0.39, 0.29) is 11.3 Å². The number of amidine groups is 1. The van der Waals surface area contributed by atoms with Crippen LogP contribution in [0.2, 0.25) is 0 Å². The van der Waals surface area contributed by atoms with Gasteiger partial charge in [0.15, 0.2) is 0 Å². The first kappa shape index (κ1) is 15.9. The van der Waals surface area contributed by atoms with E-state index in [9.17, 15) is 0 Å². The van der Waals surface area contributed by atoms with Crippen molar-refractivity contribution in [1.29, 1.82) is 0 Å². The van der Waals surface area contributed by atoms with Crippen LogP contribution in [-0.4, -0.2) is 29.2 Å². The molecule has 1 aromatic rings. The van der Waals surface area contributed by atoms with Gasteiger partial charge in [0.05, 0.1) is 17.8 Å². The van der Waals surface area contributed by atoms with Gasteiger partial charge < -0.3 is 15.7 Å². The van der Waals surface area contributed by atoms with Gasteiger partial charge >= 0.3 is 0 Å². The maximum Gasteiger partial charge on any atom is 0.144 e. The predicted octanol–water partition coefficient (Wildman–Crippen LogP) is 2.56. The van der Waals surface area contributed by atoms with Gasteiger partial charge in [0.2, 0.25) is 0 Å². The van der Waals surface area contributed by atoms with Crippen molar-refractivity contribution in [2.75, 3.05) is 13.2 Å². The minimum absolute atomic E-state index is 0.271. The largest absolute Gasteiger partial charge is 0.409 e. The Kier molecular flexibility index (Phi) is 6.24. The lowest BCUT2D eigenvalue weighted by molar-refractivity contribution is 0.128. The Morgan fingerprint density at radius 2 is 2.26 bits per heavy atom. The van der Waals surface area contributed by atoms with Gasteiger partial charge in [-0.1, -0.05) is 19.0 Å². The summed E-state index contributed by atoms with van der Waals surface area (Å²) in [6.45, 7) is 7.35. The number of nitrogens with two attached hydrogens (primary N) is 1. The van der Waals surface area contributed by atoms with E-state index in [1.165, 1.54) is 4.88 Å². The topological polar surface area (TPSA) is 80.7 Å². The molecule has 1 heterocycles. The summed E-state index contributed by atoms with van der Waals surface area (Å²) in [7, 11) is 0. The summed E-state index contributed by atoms with van der Waals surface area (Å²) in [6, 6.07) is 0. The van der Waals surface area contributed by atoms with Crippen LogP contribution in [0.25, 0.3) is 0 Å². The molecule has 0 bridgehead atoms. The SMILES string of the molecule is Cc1ncsc1CCOCCCC(C)(C)C(N)=NO. The number of rotatable bonds is 8. The van der Waals surface area contributed by atoms with Crippen molar-refractivity contribution < 1.29 is 9.94 Å². The third-order valence-electron chi connectivity index (χ3n) is 3.21. The average Bonchev–Trinajstić information content (AvgIpc) is 2.78. The third kappa shape index (κ3) is 5.16. The highest BCUT2D eigenvalue weighted by atomic mass is 32.1. The van der Waals surface area contributed by atoms with Crippen LogP contribution in [0, 0.1) is 12.3 Å². The Morgan fingerprint density at radius 3 is 2.84 bits per heavy atom. The van der Waals surface area contributed by atoms with E-state index < -0.39 is 0 Å². The van der Waals surface area contributed by atoms with E-state index in [0.29, 0.717) is 13.2 Å². The maximum atomic E-state index is 8.67. The van der Waals surface area contributed by atoms with E-state index in [4.69, 9.17) is 15.7 Å². The first-order chi connectivity index (χ1) is 8.97. The van der Waals surface area contributed by atoms with Crippen molar-refractivity contribution in [3.8, 4) is 0 Å². The van der Waals surface area contributed by atoms with Gasteiger partial charge in [-0.15, -0.1) is 11.3 Å². The molecule has 0 radical (unpaired) electrons. The van der Waals surface area contributed by atoms with E-state index >= 15 is 0 Å². The lowest BCUT2D eigenvalue weighted by Crippen LogP contribution is -2.32. The standard InChI is InChI=1S/C13H23N3O2S/c1-10-11(19-9-15-10)5-8-18-7-4-6-13(2,3)12(14)16-17/h9,17H,4-8H2,1-3H3,(H2,14,16). The first-order valence-corrected chi connectivity index (χ1v) is 7.30. The number of thiazole rings is 1. The normalized spacial score (nSPS) is 12.9. The molecule has 0 atom stereocenters. The molecule has 5 nitrogen and oxygen atoms in total. The van der Waals surface area contributed by atoms with E-state index in [1.54, 1.807) is 11.3 Å². The van der Waals surface area contributed by atoms with Crippen molar-refractivity contribution >= 4 is 17.2 Å². The molecule has 0 aliphatic rings. The van der Waals surface area contributed by atoms with Gasteiger partial charge in [-0.25, -0.2) is 4.98 Å². The molecule has 0 spiro atoms. The number of ether oxygens (including phenoxy) is 1. The lowest BCUT2D eigenvalue weighted by Gasteiger charge is -2.22. The summed E-state index contributed by atoms with van der Waals surface area (Å²) in [5, 5.41) is 11.7. The number of aromatic nitrogens is 1. The Morgan fingerprint density at radius 1 is 1.53 bits per heavy atom. The van der Waals surface area contributed by atoms with Crippen LogP contribution < -0.4 is 5.73 Å². The minimum Gasteiger partial charge on any atom is -0.409 e. The monoisotopic (exact) mass is 285 g/mol. The van der Waals surface area contributed by atoms with Crippen LogP contribution >= 0.6 is 11.3 Å². The molecule has 0 fully saturated rings. The molecule has 1 aromatic heterocycles. The average molecular weight is 285 g/mol. The van der Waals surface area contributed by atoms with Crippen molar-refractivity contribution in [2.24, 2.45) is 16.3 Å². The van der Waals surface area contributed by atoms with Gasteiger partial charge in [0, 0.05) is 23.3 Å². The zero-order valence-corrected chi connectivity index (χ0v) is 12.7. The van der Waals surface area contributed by atoms with Crippen LogP contribution in [0.4, 0.5) is 0 Å². The second-order valence-electron chi connectivity index (χ2n) is 5.20. The fourth-order valence-electron chi connectivity index (χ4n) is 1.71. The minimum atomic E-state index is -0.285. The van der Waals surface area contributed by atoms with Crippen molar-refractivity contribution in [3.05, 3.63) is 16.1 Å². The summed E-state index contributed by atoms with van der Waals surface area (Å²) in [5.41, 5.74) is 8.30. The Balaban J connectivity index is 2.14. The number of aryl methyl sites for hydroxylation is 1. The fraction of sp³-hybridized carbons (Fsp3) is 0.692. The van der Waals surface area contributed by atoms with Gasteiger partial charge in [0.25, 0.3) is 0 Å². The Hall–Kier alpha value is -1.14. The molecule has 0 amide bonds. The molecule has 3 N–H and O–H groups in total. The van der Waals surface area contributed by atoms with Crippen molar-refractivity contribution in [3.63, 3.8) is 0 Å². The van der Waals surface area contributed by atoms with Crippen molar-refractivity contribution in [1.82, 2.24) is 4.98 Å². The van der Waals surface area contributed by atoms with Gasteiger partial charge in [0.1, 0.15) is 5.84 Å². The zero-order valence-electron chi connectivity index (χ0n) is 11.8. The van der Waals surface area contributed by atoms with Gasteiger partial charge in [-0.3, -0.25) is 0 Å². The van der Waals surface area contributed by atoms with Crippen LogP contribution in [0.5, 0.6) is 0 Å². The number of hydrogen-bond donors (Lipinski definition) is 2. The molecule has 0 saturated carbocycles. The predicted molar refractivity (Wildman–Crippen MR) is 77.8 cm³/mol. The summed E-state index contributed by atoms with van der Waals surface area (Å²) >= 11 is 1.67. The third-order valence-corrected chi connectivity index (χ3v) is 4.20. The van der Waals surface area contributed by atoms with Crippen LogP contribution in [0.15, 0.2) is 10.7 Å². The molecular formula is C13H23N3O2S. The summed E-state index contributed by atoms with van der Waals surface area (Å²) in [5.74, 6) is 0.271. The molecule has 0 aromatic carbocycles. The zero-order chi connectivity index (χ0) is 14.3. The summed E-state index contributed by atoms with van der Waals surface area (Å²) in [4.78, 5) is 5.49. The van der Waals surface area contributed by atoms with Gasteiger partial charge in [-0.05, 0) is 19.8 Å². The number of oxime groups is 1. The Labute approximate surface area is 118 Å². The highest BCUT2D eigenvalue weighted by Gasteiger charge is 2.22. The van der Waals surface area contributed by atoms with Crippen LogP contribution in [0.1, 0.15) is 37.3 Å². The lowest BCUT2D eigenvalue weighted by atomic mass is 9.87. The van der Waals surface area contributed by atoms with E-state index in [2.05, 4.69) is 10.1 Å². The highest BCUT2D eigenvalue weighted by Crippen LogP contribution is 2.22. The van der Waals surface area contributed by atoms with Crippen LogP contribution in [-0.2, 0) is 11.2 Å².